The van der Waals surface area contributed by atoms with Crippen molar-refractivity contribution in [1.82, 2.24) is 0 Å². The van der Waals surface area contributed by atoms with Crippen molar-refractivity contribution in [2.24, 2.45) is 0 Å². The van der Waals surface area contributed by atoms with Crippen molar-refractivity contribution in [2.75, 3.05) is 0 Å². The van der Waals surface area contributed by atoms with Crippen LogP contribution in [-0.2, 0) is 0 Å². The fourth-order valence-electron chi connectivity index (χ4n) is 1.56. The lowest BCUT2D eigenvalue weighted by atomic mass is 9.96. The number of carbonyl (C=O) groups is 3. The molecule has 0 bridgehead atoms. The number of carbonyl (C=O) groups excluding carboxylic acids is 1. The summed E-state index contributed by atoms with van der Waals surface area (Å²) in [6.07, 6.45) is 0.776. The summed E-state index contributed by atoms with van der Waals surface area (Å²) in [4.78, 5) is 33.6. The Hall–Kier alpha value is -2.17. The number of benzene rings is 1. The number of carboxylic acid groups (broad SMARTS) is 2. The van der Waals surface area contributed by atoms with Crippen molar-refractivity contribution in [1.29, 1.82) is 0 Å². The minimum absolute atomic E-state index is 0.0424. The molecule has 0 spiro atoms. The predicted octanol–water partition coefficient (Wildman–Crippen LogP) is 2.07. The standard InChI is InChI=1S/C12H12O5/c1-2-4-9(13)7-5-3-6-8(11(14)15)10(7)12(16)17/h3,5-6H,2,4H2,1H3,(H,14,15)(H,16,17). The van der Waals surface area contributed by atoms with E-state index in [0.717, 1.165) is 0 Å². The third kappa shape index (κ3) is 2.69. The molecule has 0 fully saturated rings. The molecule has 17 heavy (non-hydrogen) atoms. The summed E-state index contributed by atoms with van der Waals surface area (Å²) in [6.45, 7) is 1.79. The Kier molecular flexibility index (Phi) is 3.98. The van der Waals surface area contributed by atoms with E-state index in [1.165, 1.54) is 18.2 Å². The lowest BCUT2D eigenvalue weighted by molar-refractivity contribution is 0.0649. The van der Waals surface area contributed by atoms with Crippen molar-refractivity contribution in [3.8, 4) is 0 Å². The van der Waals surface area contributed by atoms with Crippen molar-refractivity contribution in [3.05, 3.63) is 34.9 Å². The van der Waals surface area contributed by atoms with Gasteiger partial charge in [0.25, 0.3) is 0 Å². The summed E-state index contributed by atoms with van der Waals surface area (Å²) in [6, 6.07) is 3.89. The Morgan fingerprint density at radius 1 is 1.06 bits per heavy atom. The summed E-state index contributed by atoms with van der Waals surface area (Å²) in [7, 11) is 0. The van der Waals surface area contributed by atoms with E-state index in [-0.39, 0.29) is 23.3 Å². The molecule has 0 heterocycles. The third-order valence-corrected chi connectivity index (χ3v) is 2.29. The highest BCUT2D eigenvalue weighted by atomic mass is 16.4. The van der Waals surface area contributed by atoms with Gasteiger partial charge in [-0.2, -0.15) is 0 Å². The number of hydrogen-bond donors (Lipinski definition) is 2. The van der Waals surface area contributed by atoms with E-state index < -0.39 is 17.5 Å². The summed E-state index contributed by atoms with van der Waals surface area (Å²) in [5.41, 5.74) is -0.836. The van der Waals surface area contributed by atoms with Gasteiger partial charge >= 0.3 is 11.9 Å². The Morgan fingerprint density at radius 3 is 2.12 bits per heavy atom. The second-order valence-electron chi connectivity index (χ2n) is 3.51. The molecule has 0 aliphatic carbocycles. The lowest BCUT2D eigenvalue weighted by Gasteiger charge is -2.07. The maximum Gasteiger partial charge on any atom is 0.337 e. The fraction of sp³-hybridized carbons (Fsp3) is 0.250. The summed E-state index contributed by atoms with van der Waals surface area (Å²) < 4.78 is 0. The average molecular weight is 236 g/mol. The Labute approximate surface area is 97.7 Å². The molecule has 0 atom stereocenters. The minimum Gasteiger partial charge on any atom is -0.478 e. The molecule has 5 nitrogen and oxygen atoms in total. The van der Waals surface area contributed by atoms with E-state index in [9.17, 15) is 14.4 Å². The summed E-state index contributed by atoms with van der Waals surface area (Å²) in [5.74, 6) is -3.11. The molecule has 1 rings (SSSR count). The topological polar surface area (TPSA) is 91.7 Å². The van der Waals surface area contributed by atoms with Gasteiger partial charge in [0.05, 0.1) is 11.1 Å². The largest absolute Gasteiger partial charge is 0.478 e. The molecule has 0 unspecified atom stereocenters. The predicted molar refractivity (Wildman–Crippen MR) is 59.6 cm³/mol. The van der Waals surface area contributed by atoms with E-state index >= 15 is 0 Å². The van der Waals surface area contributed by atoms with Crippen LogP contribution in [0.2, 0.25) is 0 Å². The first kappa shape index (κ1) is 12.9. The maximum atomic E-state index is 11.7. The van der Waals surface area contributed by atoms with Crippen molar-refractivity contribution in [2.45, 2.75) is 19.8 Å². The number of Topliss-reactive ketones (excluding diaryl/α,β-unsaturated/α-hetero) is 1. The van der Waals surface area contributed by atoms with Gasteiger partial charge in [-0.1, -0.05) is 19.1 Å². The maximum absolute atomic E-state index is 11.7. The number of rotatable bonds is 5. The van der Waals surface area contributed by atoms with Gasteiger partial charge in [-0.15, -0.1) is 0 Å². The molecule has 2 N–H and O–H groups in total. The Morgan fingerprint density at radius 2 is 1.65 bits per heavy atom. The second kappa shape index (κ2) is 5.25. The van der Waals surface area contributed by atoms with Crippen LogP contribution in [-0.4, -0.2) is 27.9 Å². The number of ketones is 1. The van der Waals surface area contributed by atoms with Gasteiger partial charge in [0.1, 0.15) is 0 Å². The zero-order valence-corrected chi connectivity index (χ0v) is 9.27. The van der Waals surface area contributed by atoms with Gasteiger partial charge < -0.3 is 10.2 Å². The van der Waals surface area contributed by atoms with Crippen LogP contribution in [0.4, 0.5) is 0 Å². The van der Waals surface area contributed by atoms with E-state index in [1.807, 2.05) is 0 Å². The smallest absolute Gasteiger partial charge is 0.337 e. The molecule has 0 saturated carbocycles. The molecule has 0 aliphatic heterocycles. The molecule has 0 aromatic heterocycles. The molecule has 1 aromatic rings. The van der Waals surface area contributed by atoms with Crippen LogP contribution in [0.3, 0.4) is 0 Å². The molecule has 0 amide bonds. The van der Waals surface area contributed by atoms with Crippen LogP contribution in [0, 0.1) is 0 Å². The summed E-state index contributed by atoms with van der Waals surface area (Å²) >= 11 is 0. The van der Waals surface area contributed by atoms with Gasteiger partial charge in [0, 0.05) is 12.0 Å². The zero-order valence-electron chi connectivity index (χ0n) is 9.27. The average Bonchev–Trinajstić information content (AvgIpc) is 2.28. The van der Waals surface area contributed by atoms with Crippen LogP contribution in [0.15, 0.2) is 18.2 Å². The van der Waals surface area contributed by atoms with Crippen molar-refractivity contribution in [3.63, 3.8) is 0 Å². The highest BCUT2D eigenvalue weighted by Gasteiger charge is 2.22. The first-order valence-electron chi connectivity index (χ1n) is 5.11. The molecular formula is C12H12O5. The quantitative estimate of drug-likeness (QED) is 0.763. The van der Waals surface area contributed by atoms with E-state index in [0.29, 0.717) is 6.42 Å². The van der Waals surface area contributed by atoms with Crippen LogP contribution in [0.1, 0.15) is 50.8 Å². The fourth-order valence-corrected chi connectivity index (χ4v) is 1.56. The first-order chi connectivity index (χ1) is 7.99. The molecule has 1 aromatic carbocycles. The zero-order chi connectivity index (χ0) is 13.0. The van der Waals surface area contributed by atoms with Crippen LogP contribution in [0.5, 0.6) is 0 Å². The van der Waals surface area contributed by atoms with Crippen LogP contribution in [0.25, 0.3) is 0 Å². The Bertz CT molecular complexity index is 476. The van der Waals surface area contributed by atoms with E-state index in [2.05, 4.69) is 0 Å². The van der Waals surface area contributed by atoms with Crippen molar-refractivity contribution >= 4 is 17.7 Å². The van der Waals surface area contributed by atoms with Crippen molar-refractivity contribution < 1.29 is 24.6 Å². The highest BCUT2D eigenvalue weighted by molar-refractivity contribution is 6.11. The molecule has 0 saturated heterocycles. The molecule has 90 valence electrons. The second-order valence-corrected chi connectivity index (χ2v) is 3.51. The minimum atomic E-state index is -1.40. The van der Waals surface area contributed by atoms with E-state index in [1.54, 1.807) is 6.92 Å². The number of aromatic carboxylic acids is 2. The highest BCUT2D eigenvalue weighted by Crippen LogP contribution is 2.17. The molecule has 0 aliphatic rings. The van der Waals surface area contributed by atoms with Gasteiger partial charge in [-0.05, 0) is 12.5 Å². The van der Waals surface area contributed by atoms with Crippen LogP contribution < -0.4 is 0 Å². The van der Waals surface area contributed by atoms with Gasteiger partial charge in [0.2, 0.25) is 0 Å². The van der Waals surface area contributed by atoms with Gasteiger partial charge in [-0.25, -0.2) is 9.59 Å². The van der Waals surface area contributed by atoms with Gasteiger partial charge in [-0.3, -0.25) is 4.79 Å². The number of carboxylic acids is 2. The molecule has 5 heteroatoms. The first-order valence-corrected chi connectivity index (χ1v) is 5.11. The molecular weight excluding hydrogens is 224 g/mol. The molecule has 0 radical (unpaired) electrons. The van der Waals surface area contributed by atoms with E-state index in [4.69, 9.17) is 10.2 Å². The van der Waals surface area contributed by atoms with Crippen LogP contribution >= 0.6 is 0 Å². The lowest BCUT2D eigenvalue weighted by Crippen LogP contribution is -2.14. The third-order valence-electron chi connectivity index (χ3n) is 2.29. The SMILES string of the molecule is CCCC(=O)c1cccc(C(=O)O)c1C(=O)O. The van der Waals surface area contributed by atoms with Gasteiger partial charge in [0.15, 0.2) is 5.78 Å². The monoisotopic (exact) mass is 236 g/mol. The number of hydrogen-bond acceptors (Lipinski definition) is 3. The Balaban J connectivity index is 3.40. The summed E-state index contributed by atoms with van der Waals surface area (Å²) in [5, 5.41) is 17.9. The normalized spacial score (nSPS) is 9.94.